The number of nitrogens with zero attached hydrogens (tertiary/aromatic N) is 1. The minimum atomic E-state index is -0.287. The molecule has 0 amide bonds. The summed E-state index contributed by atoms with van der Waals surface area (Å²) in [5.41, 5.74) is 17.7. The molecule has 9 rings (SSSR count). The van der Waals surface area contributed by atoms with Gasteiger partial charge in [-0.3, -0.25) is 0 Å². The number of furan rings is 1. The molecule has 2 nitrogen and oxygen atoms in total. The molecule has 1 aromatic heterocycles. The lowest BCUT2D eigenvalue weighted by Crippen LogP contribution is -2.50. The van der Waals surface area contributed by atoms with E-state index in [9.17, 15) is 0 Å². The second-order valence-corrected chi connectivity index (χ2v) is 21.5. The van der Waals surface area contributed by atoms with Crippen molar-refractivity contribution >= 4 is 39.0 Å². The quantitative estimate of drug-likeness (QED) is 0.172. The first-order valence-electron chi connectivity index (χ1n) is 22.1. The lowest BCUT2D eigenvalue weighted by molar-refractivity contribution is 0.0948. The van der Waals surface area contributed by atoms with Crippen LogP contribution in [0, 0.1) is 10.8 Å². The summed E-state index contributed by atoms with van der Waals surface area (Å²) < 4.78 is 6.20. The first-order valence-corrected chi connectivity index (χ1v) is 22.1. The summed E-state index contributed by atoms with van der Waals surface area (Å²) in [6, 6.07) is 56.4. The average Bonchev–Trinajstić information content (AvgIpc) is 3.74. The van der Waals surface area contributed by atoms with Gasteiger partial charge in [0.25, 0.3) is 0 Å². The molecule has 0 fully saturated rings. The number of para-hydroxylation sites is 1. The number of fused-ring (bicyclic) bond motifs is 6. The molecule has 0 aliphatic heterocycles. The van der Waals surface area contributed by atoms with Gasteiger partial charge < -0.3 is 9.32 Å². The van der Waals surface area contributed by atoms with Crippen LogP contribution >= 0.6 is 0 Å². The van der Waals surface area contributed by atoms with Crippen molar-refractivity contribution in [1.29, 1.82) is 0 Å². The fourth-order valence-electron chi connectivity index (χ4n) is 10.8. The van der Waals surface area contributed by atoms with Crippen LogP contribution in [0.5, 0.6) is 0 Å². The molecule has 2 heteroatoms. The second-order valence-electron chi connectivity index (χ2n) is 21.5. The Bertz CT molecular complexity index is 2900. The first kappa shape index (κ1) is 40.5. The van der Waals surface area contributed by atoms with E-state index in [1.807, 2.05) is 12.1 Å². The summed E-state index contributed by atoms with van der Waals surface area (Å²) in [4.78, 5) is 2.53. The molecule has 1 heterocycles. The second kappa shape index (κ2) is 14.1. The van der Waals surface area contributed by atoms with Gasteiger partial charge in [-0.25, -0.2) is 0 Å². The van der Waals surface area contributed by atoms with Crippen LogP contribution in [0.2, 0.25) is 0 Å². The molecule has 1 aliphatic rings. The Morgan fingerprint density at radius 1 is 0.410 bits per heavy atom. The van der Waals surface area contributed by atoms with Crippen molar-refractivity contribution in [3.8, 4) is 33.4 Å². The Hall–Kier alpha value is -5.86. The number of hydrogen-bond donors (Lipinski definition) is 0. The molecular weight excluding hydrogens is 739 g/mol. The van der Waals surface area contributed by atoms with Gasteiger partial charge in [0.05, 0.1) is 5.69 Å². The van der Waals surface area contributed by atoms with Gasteiger partial charge in [0.15, 0.2) is 0 Å². The van der Waals surface area contributed by atoms with E-state index in [1.165, 1.54) is 61.3 Å². The molecule has 0 bridgehead atoms. The van der Waals surface area contributed by atoms with E-state index >= 15 is 0 Å². The number of rotatable bonds is 5. The molecule has 0 atom stereocenters. The minimum Gasteiger partial charge on any atom is -0.456 e. The molecule has 0 saturated heterocycles. The molecule has 1 aliphatic carbocycles. The Morgan fingerprint density at radius 2 is 0.918 bits per heavy atom. The van der Waals surface area contributed by atoms with Crippen LogP contribution in [0.15, 0.2) is 156 Å². The van der Waals surface area contributed by atoms with Crippen molar-refractivity contribution in [3.63, 3.8) is 0 Å². The Balaban J connectivity index is 1.31. The van der Waals surface area contributed by atoms with Crippen LogP contribution in [0.4, 0.5) is 17.1 Å². The van der Waals surface area contributed by atoms with Crippen molar-refractivity contribution in [3.05, 3.63) is 174 Å². The van der Waals surface area contributed by atoms with Crippen LogP contribution < -0.4 is 4.90 Å². The Labute approximate surface area is 364 Å². The predicted octanol–water partition coefficient (Wildman–Crippen LogP) is 17.3. The van der Waals surface area contributed by atoms with Gasteiger partial charge in [0, 0.05) is 33.1 Å². The maximum Gasteiger partial charge on any atom is 0.135 e. The van der Waals surface area contributed by atoms with E-state index in [-0.39, 0.29) is 27.1 Å². The molecule has 61 heavy (non-hydrogen) atoms. The normalized spacial score (nSPS) is 14.0. The Morgan fingerprint density at radius 3 is 1.51 bits per heavy atom. The highest BCUT2D eigenvalue weighted by atomic mass is 16.3. The molecule has 8 aromatic rings. The van der Waals surface area contributed by atoms with E-state index in [1.54, 1.807) is 0 Å². The van der Waals surface area contributed by atoms with E-state index in [0.717, 1.165) is 33.3 Å². The highest BCUT2D eigenvalue weighted by molar-refractivity contribution is 6.06. The number of hydrogen-bond acceptors (Lipinski definition) is 2. The summed E-state index contributed by atoms with van der Waals surface area (Å²) in [5.74, 6) is 0. The lowest BCUT2D eigenvalue weighted by Gasteiger charge is -2.53. The van der Waals surface area contributed by atoms with Gasteiger partial charge in [-0.1, -0.05) is 186 Å². The summed E-state index contributed by atoms with van der Waals surface area (Å²) in [5, 5.41) is 2.28. The molecule has 0 unspecified atom stereocenters. The smallest absolute Gasteiger partial charge is 0.135 e. The van der Waals surface area contributed by atoms with Crippen molar-refractivity contribution in [2.24, 2.45) is 10.8 Å². The summed E-state index contributed by atoms with van der Waals surface area (Å²) >= 11 is 0. The summed E-state index contributed by atoms with van der Waals surface area (Å²) in [6.45, 7) is 28.9. The third-order valence-electron chi connectivity index (χ3n) is 13.5. The lowest BCUT2D eigenvalue weighted by atomic mass is 9.49. The number of benzene rings is 7. The maximum absolute atomic E-state index is 6.20. The van der Waals surface area contributed by atoms with Crippen molar-refractivity contribution < 1.29 is 4.42 Å². The van der Waals surface area contributed by atoms with Gasteiger partial charge in [0.1, 0.15) is 11.2 Å². The van der Waals surface area contributed by atoms with Crippen LogP contribution in [-0.4, -0.2) is 0 Å². The summed E-state index contributed by atoms with van der Waals surface area (Å²) in [7, 11) is 0. The van der Waals surface area contributed by atoms with Gasteiger partial charge in [-0.15, -0.1) is 0 Å². The highest BCUT2D eigenvalue weighted by Crippen LogP contribution is 2.67. The van der Waals surface area contributed by atoms with Gasteiger partial charge in [0.2, 0.25) is 0 Å². The number of anilines is 3. The first-order chi connectivity index (χ1) is 28.8. The third-order valence-corrected chi connectivity index (χ3v) is 13.5. The standard InChI is InChI=1S/C59H61NO/c1-55(2,3)42-27-32-47-49(35-42)59(57(7,8)9,58(10,11)12)50-36-43(56(4,5)6)37-51(54(47)50)60(44-28-22-39(23-29-44)38-18-14-13-15-19-38)45-30-24-40(25-31-45)41-26-33-53-48(34-41)46-20-16-17-21-52(46)61-53/h13-37H,1-12H3. The van der Waals surface area contributed by atoms with Crippen molar-refractivity contribution in [1.82, 2.24) is 0 Å². The topological polar surface area (TPSA) is 16.4 Å². The van der Waals surface area contributed by atoms with E-state index in [2.05, 4.69) is 228 Å². The molecule has 0 radical (unpaired) electrons. The van der Waals surface area contributed by atoms with Crippen molar-refractivity contribution in [2.45, 2.75) is 99.3 Å². The fraction of sp³-hybridized carbons (Fsp3) is 0.288. The summed E-state index contributed by atoms with van der Waals surface area (Å²) in [6.07, 6.45) is 0. The van der Waals surface area contributed by atoms with Crippen LogP contribution in [0.1, 0.15) is 105 Å². The zero-order valence-corrected chi connectivity index (χ0v) is 38.3. The van der Waals surface area contributed by atoms with Crippen LogP contribution in [0.25, 0.3) is 55.3 Å². The van der Waals surface area contributed by atoms with Crippen LogP contribution in [0.3, 0.4) is 0 Å². The van der Waals surface area contributed by atoms with E-state index < -0.39 is 0 Å². The molecule has 0 spiro atoms. The van der Waals surface area contributed by atoms with E-state index in [4.69, 9.17) is 4.42 Å². The zero-order chi connectivity index (χ0) is 43.3. The fourth-order valence-corrected chi connectivity index (χ4v) is 10.8. The molecule has 0 saturated carbocycles. The molecule has 308 valence electrons. The minimum absolute atomic E-state index is 0.00817. The van der Waals surface area contributed by atoms with Gasteiger partial charge in [-0.2, -0.15) is 0 Å². The molecule has 0 N–H and O–H groups in total. The average molecular weight is 800 g/mol. The maximum atomic E-state index is 6.20. The molecular formula is C59H61NO. The molecule has 7 aromatic carbocycles. The van der Waals surface area contributed by atoms with Gasteiger partial charge in [-0.05, 0) is 120 Å². The largest absolute Gasteiger partial charge is 0.456 e. The third kappa shape index (κ3) is 6.62. The van der Waals surface area contributed by atoms with Crippen LogP contribution in [-0.2, 0) is 16.2 Å². The Kier molecular flexibility index (Phi) is 9.37. The SMILES string of the molecule is CC(C)(C)c1ccc2c(c1)C(C(C)(C)C)(C(C)(C)C)c1cc(C(C)(C)C)cc(N(c3ccc(-c4ccccc4)cc3)c3ccc(-c4ccc5oc6ccccc6c5c4)cc3)c1-2. The van der Waals surface area contributed by atoms with E-state index in [0.29, 0.717) is 0 Å². The zero-order valence-electron chi connectivity index (χ0n) is 38.3. The highest BCUT2D eigenvalue weighted by Gasteiger charge is 2.58. The monoisotopic (exact) mass is 799 g/mol. The predicted molar refractivity (Wildman–Crippen MR) is 262 cm³/mol. The van der Waals surface area contributed by atoms with Crippen molar-refractivity contribution in [2.75, 3.05) is 4.90 Å². The van der Waals surface area contributed by atoms with Gasteiger partial charge >= 0.3 is 0 Å².